The second-order valence-electron chi connectivity index (χ2n) is 4.27. The van der Waals surface area contributed by atoms with Crippen molar-refractivity contribution in [3.63, 3.8) is 0 Å². The fourth-order valence-corrected chi connectivity index (χ4v) is 3.55. The van der Waals surface area contributed by atoms with Crippen LogP contribution in [-0.4, -0.2) is 37.5 Å². The van der Waals surface area contributed by atoms with Gasteiger partial charge < -0.3 is 5.32 Å². The van der Waals surface area contributed by atoms with Crippen LogP contribution in [0.4, 0.5) is 8.78 Å². The Hall–Kier alpha value is 0.540. The number of hydrogen-bond acceptors (Lipinski definition) is 2. The number of piperazine rings is 1. The quantitative estimate of drug-likeness (QED) is 0.730. The van der Waals surface area contributed by atoms with Crippen molar-refractivity contribution in [3.05, 3.63) is 32.7 Å². The molecular weight excluding hydrogens is 441 g/mol. The van der Waals surface area contributed by atoms with Crippen LogP contribution in [-0.2, 0) is 0 Å². The molecule has 1 aromatic rings. The molecule has 1 aliphatic rings. The number of hydrogen-bond donors (Lipinski definition) is 1. The zero-order valence-electron chi connectivity index (χ0n) is 10.5. The molecule has 0 radical (unpaired) electrons. The molecule has 1 aromatic carbocycles. The van der Waals surface area contributed by atoms with Crippen LogP contribution >= 0.6 is 56.7 Å². The molecule has 0 aromatic heterocycles. The maximum absolute atomic E-state index is 13.3. The summed E-state index contributed by atoms with van der Waals surface area (Å²) in [5.74, 6) is 0. The van der Waals surface area contributed by atoms with E-state index in [1.54, 1.807) is 12.1 Å². The van der Waals surface area contributed by atoms with Gasteiger partial charge in [0.15, 0.2) is 0 Å². The van der Waals surface area contributed by atoms with Crippen LogP contribution in [0.5, 0.6) is 0 Å². The molecule has 1 N–H and O–H groups in total. The number of benzene rings is 1. The molecular formula is C12H16Br2Cl2F2N2. The van der Waals surface area contributed by atoms with E-state index in [0.717, 1.165) is 22.0 Å². The first-order valence-corrected chi connectivity index (χ1v) is 7.35. The number of rotatable bonds is 3. The molecule has 116 valence electrons. The minimum Gasteiger partial charge on any atom is -0.314 e. The minimum absolute atomic E-state index is 0. The monoisotopic (exact) mass is 454 g/mol. The molecule has 1 atom stereocenters. The highest BCUT2D eigenvalue weighted by molar-refractivity contribution is 9.11. The van der Waals surface area contributed by atoms with Gasteiger partial charge in [-0.2, -0.15) is 0 Å². The van der Waals surface area contributed by atoms with Gasteiger partial charge in [-0.15, -0.1) is 24.8 Å². The Morgan fingerprint density at radius 2 is 1.50 bits per heavy atom. The van der Waals surface area contributed by atoms with Crippen molar-refractivity contribution in [2.45, 2.75) is 12.5 Å². The van der Waals surface area contributed by atoms with Crippen molar-refractivity contribution in [2.75, 3.05) is 26.2 Å². The maximum atomic E-state index is 13.3. The molecule has 0 amide bonds. The van der Waals surface area contributed by atoms with Gasteiger partial charge in [0.05, 0.1) is 6.04 Å². The Morgan fingerprint density at radius 1 is 1.00 bits per heavy atom. The molecule has 20 heavy (non-hydrogen) atoms. The molecule has 0 unspecified atom stereocenters. The van der Waals surface area contributed by atoms with E-state index < -0.39 is 12.5 Å². The van der Waals surface area contributed by atoms with Crippen LogP contribution in [0.25, 0.3) is 0 Å². The van der Waals surface area contributed by atoms with Gasteiger partial charge in [-0.1, -0.05) is 31.9 Å². The molecule has 0 saturated carbocycles. The molecule has 0 aliphatic carbocycles. The number of alkyl halides is 2. The zero-order chi connectivity index (χ0) is 13.1. The Bertz CT molecular complexity index is 398. The lowest BCUT2D eigenvalue weighted by Gasteiger charge is -2.34. The SMILES string of the molecule is Cl.Cl.FC(F)[C@H](c1cc(Br)cc(Br)c1)N1CCNCC1. The first-order chi connectivity index (χ1) is 8.58. The van der Waals surface area contributed by atoms with Crippen LogP contribution < -0.4 is 5.32 Å². The van der Waals surface area contributed by atoms with Crippen molar-refractivity contribution < 1.29 is 8.78 Å². The molecule has 1 heterocycles. The first kappa shape index (κ1) is 20.5. The molecule has 8 heteroatoms. The van der Waals surface area contributed by atoms with E-state index in [1.165, 1.54) is 0 Å². The number of halogens is 6. The van der Waals surface area contributed by atoms with Gasteiger partial charge in [0.2, 0.25) is 0 Å². The summed E-state index contributed by atoms with van der Waals surface area (Å²) in [5, 5.41) is 3.18. The third kappa shape index (κ3) is 5.39. The van der Waals surface area contributed by atoms with E-state index in [1.807, 2.05) is 11.0 Å². The number of nitrogens with zero attached hydrogens (tertiary/aromatic N) is 1. The summed E-state index contributed by atoms with van der Waals surface area (Å²) < 4.78 is 28.3. The predicted molar refractivity (Wildman–Crippen MR) is 89.5 cm³/mol. The molecule has 1 fully saturated rings. The second kappa shape index (κ2) is 9.54. The lowest BCUT2D eigenvalue weighted by atomic mass is 10.1. The molecule has 1 saturated heterocycles. The fraction of sp³-hybridized carbons (Fsp3) is 0.500. The summed E-state index contributed by atoms with van der Waals surface area (Å²) in [6, 6.07) is 4.55. The van der Waals surface area contributed by atoms with Gasteiger partial charge in [0, 0.05) is 35.1 Å². The minimum atomic E-state index is -2.38. The van der Waals surface area contributed by atoms with Crippen molar-refractivity contribution in [3.8, 4) is 0 Å². The van der Waals surface area contributed by atoms with Crippen LogP contribution in [0.2, 0.25) is 0 Å². The summed E-state index contributed by atoms with van der Waals surface area (Å²) in [7, 11) is 0. The molecule has 0 spiro atoms. The fourth-order valence-electron chi connectivity index (χ4n) is 2.22. The maximum Gasteiger partial charge on any atom is 0.258 e. The summed E-state index contributed by atoms with van der Waals surface area (Å²) in [5.41, 5.74) is 0.646. The Kier molecular flexibility index (Phi) is 9.79. The lowest BCUT2D eigenvalue weighted by molar-refractivity contribution is 0.0181. The van der Waals surface area contributed by atoms with E-state index in [0.29, 0.717) is 18.7 Å². The largest absolute Gasteiger partial charge is 0.314 e. The highest BCUT2D eigenvalue weighted by atomic mass is 79.9. The van der Waals surface area contributed by atoms with Crippen molar-refractivity contribution in [1.29, 1.82) is 0 Å². The van der Waals surface area contributed by atoms with Gasteiger partial charge in [0.25, 0.3) is 6.43 Å². The van der Waals surface area contributed by atoms with E-state index in [9.17, 15) is 8.78 Å². The molecule has 2 rings (SSSR count). The van der Waals surface area contributed by atoms with Crippen molar-refractivity contribution in [1.82, 2.24) is 10.2 Å². The normalized spacial score (nSPS) is 17.2. The molecule has 2 nitrogen and oxygen atoms in total. The van der Waals surface area contributed by atoms with Gasteiger partial charge >= 0.3 is 0 Å². The number of nitrogens with one attached hydrogen (secondary N) is 1. The highest BCUT2D eigenvalue weighted by Gasteiger charge is 2.30. The highest BCUT2D eigenvalue weighted by Crippen LogP contribution is 2.31. The van der Waals surface area contributed by atoms with Crippen LogP contribution in [0.3, 0.4) is 0 Å². The zero-order valence-corrected chi connectivity index (χ0v) is 15.3. The summed E-state index contributed by atoms with van der Waals surface area (Å²) in [4.78, 5) is 1.84. The van der Waals surface area contributed by atoms with Gasteiger partial charge in [0.1, 0.15) is 0 Å². The third-order valence-corrected chi connectivity index (χ3v) is 3.93. The second-order valence-corrected chi connectivity index (χ2v) is 6.10. The molecule has 0 bridgehead atoms. The smallest absolute Gasteiger partial charge is 0.258 e. The summed E-state index contributed by atoms with van der Waals surface area (Å²) in [6.45, 7) is 2.83. The lowest BCUT2D eigenvalue weighted by Crippen LogP contribution is -2.46. The summed E-state index contributed by atoms with van der Waals surface area (Å²) in [6.07, 6.45) is -2.38. The standard InChI is InChI=1S/C12H14Br2F2N2.2ClH/c13-9-5-8(6-10(14)7-9)11(12(15)16)18-3-1-17-2-4-18;;/h5-7,11-12,17H,1-4H2;2*1H/t11-;;/m0../s1. The average molecular weight is 457 g/mol. The molecule has 1 aliphatic heterocycles. The Morgan fingerprint density at radius 3 is 1.95 bits per heavy atom. The summed E-state index contributed by atoms with van der Waals surface area (Å²) >= 11 is 6.70. The van der Waals surface area contributed by atoms with Crippen molar-refractivity contribution in [2.24, 2.45) is 0 Å². The Balaban J connectivity index is 0.00000180. The van der Waals surface area contributed by atoms with E-state index in [4.69, 9.17) is 0 Å². The van der Waals surface area contributed by atoms with E-state index >= 15 is 0 Å². The first-order valence-electron chi connectivity index (χ1n) is 5.77. The predicted octanol–water partition coefficient (Wildman–Crippen LogP) is 4.27. The van der Waals surface area contributed by atoms with E-state index in [2.05, 4.69) is 37.2 Å². The Labute approximate surface area is 146 Å². The van der Waals surface area contributed by atoms with Gasteiger partial charge in [-0.25, -0.2) is 8.78 Å². The average Bonchev–Trinajstić information content (AvgIpc) is 2.28. The van der Waals surface area contributed by atoms with Gasteiger partial charge in [-0.05, 0) is 23.8 Å². The topological polar surface area (TPSA) is 15.3 Å². The van der Waals surface area contributed by atoms with Crippen molar-refractivity contribution >= 4 is 56.7 Å². The third-order valence-electron chi connectivity index (χ3n) is 3.01. The van der Waals surface area contributed by atoms with E-state index in [-0.39, 0.29) is 24.8 Å². The van der Waals surface area contributed by atoms with Gasteiger partial charge in [-0.3, -0.25) is 4.90 Å². The van der Waals surface area contributed by atoms with Crippen LogP contribution in [0.15, 0.2) is 27.1 Å². The van der Waals surface area contributed by atoms with Crippen LogP contribution in [0.1, 0.15) is 11.6 Å². The van der Waals surface area contributed by atoms with Crippen LogP contribution in [0, 0.1) is 0 Å².